The zero-order chi connectivity index (χ0) is 18.8. The van der Waals surface area contributed by atoms with Crippen LogP contribution in [-0.2, 0) is 4.79 Å². The molecule has 5 heteroatoms. The van der Waals surface area contributed by atoms with Crippen LogP contribution in [0.15, 0.2) is 42.5 Å². The number of carbonyl (C=O) groups is 1. The Balaban J connectivity index is 1.40. The fourth-order valence-electron chi connectivity index (χ4n) is 3.87. The molecule has 1 fully saturated rings. The van der Waals surface area contributed by atoms with E-state index in [2.05, 4.69) is 34.3 Å². The average molecular weight is 362 g/mol. The summed E-state index contributed by atoms with van der Waals surface area (Å²) < 4.78 is 0. The molecule has 2 aromatic carbocycles. The van der Waals surface area contributed by atoms with Crippen LogP contribution in [0.1, 0.15) is 35.7 Å². The van der Waals surface area contributed by atoms with Gasteiger partial charge in [0, 0.05) is 18.2 Å². The molecule has 0 spiro atoms. The number of hydrogen-bond acceptors (Lipinski definition) is 3. The molecule has 27 heavy (non-hydrogen) atoms. The number of H-pyrrole nitrogens is 1. The summed E-state index contributed by atoms with van der Waals surface area (Å²) in [7, 11) is 0. The summed E-state index contributed by atoms with van der Waals surface area (Å²) in [5, 5.41) is 3.07. The third-order valence-electron chi connectivity index (χ3n) is 5.55. The molecule has 1 atom stereocenters. The lowest BCUT2D eigenvalue weighted by Gasteiger charge is -2.31. The number of likely N-dealkylation sites (tertiary alicyclic amines) is 1. The van der Waals surface area contributed by atoms with Crippen molar-refractivity contribution >= 4 is 22.6 Å². The molecule has 5 nitrogen and oxygen atoms in total. The SMILES string of the molecule is Cc1cccc(NC(=O)CN2CCC[C@@H](c3nc4ccccc4[nH]3)C2)c1C. The summed E-state index contributed by atoms with van der Waals surface area (Å²) >= 11 is 0. The second kappa shape index (κ2) is 7.53. The first kappa shape index (κ1) is 17.7. The van der Waals surface area contributed by atoms with Crippen molar-refractivity contribution in [1.82, 2.24) is 14.9 Å². The molecule has 140 valence electrons. The van der Waals surface area contributed by atoms with Gasteiger partial charge in [-0.05, 0) is 62.6 Å². The van der Waals surface area contributed by atoms with E-state index in [1.54, 1.807) is 0 Å². The zero-order valence-corrected chi connectivity index (χ0v) is 16.0. The number of rotatable bonds is 4. The highest BCUT2D eigenvalue weighted by atomic mass is 16.2. The van der Waals surface area contributed by atoms with Crippen molar-refractivity contribution in [1.29, 1.82) is 0 Å². The molecule has 0 unspecified atom stereocenters. The van der Waals surface area contributed by atoms with Crippen LogP contribution >= 0.6 is 0 Å². The molecule has 1 aliphatic heterocycles. The second-order valence-corrected chi connectivity index (χ2v) is 7.51. The maximum absolute atomic E-state index is 12.6. The van der Waals surface area contributed by atoms with Gasteiger partial charge in [0.25, 0.3) is 0 Å². The van der Waals surface area contributed by atoms with Crippen LogP contribution in [-0.4, -0.2) is 40.4 Å². The first-order valence-electron chi connectivity index (χ1n) is 9.63. The van der Waals surface area contributed by atoms with E-state index < -0.39 is 0 Å². The lowest BCUT2D eigenvalue weighted by molar-refractivity contribution is -0.117. The Kier molecular flexibility index (Phi) is 4.94. The standard InChI is InChI=1S/C22H26N4O/c1-15-7-5-11-18(16(15)2)23-21(27)14-26-12-6-8-17(13-26)22-24-19-9-3-4-10-20(19)25-22/h3-5,7,9-11,17H,6,8,12-14H2,1-2H3,(H,23,27)(H,24,25)/t17-/m1/s1. The minimum Gasteiger partial charge on any atom is -0.342 e. The molecule has 0 bridgehead atoms. The van der Waals surface area contributed by atoms with Crippen LogP contribution in [0, 0.1) is 13.8 Å². The predicted molar refractivity (Wildman–Crippen MR) is 109 cm³/mol. The van der Waals surface area contributed by atoms with Gasteiger partial charge in [-0.1, -0.05) is 24.3 Å². The van der Waals surface area contributed by atoms with E-state index in [9.17, 15) is 4.79 Å². The minimum absolute atomic E-state index is 0.0500. The molecule has 2 heterocycles. The number of para-hydroxylation sites is 2. The van der Waals surface area contributed by atoms with Crippen LogP contribution in [0.3, 0.4) is 0 Å². The van der Waals surface area contributed by atoms with Crippen molar-refractivity contribution in [3.8, 4) is 0 Å². The van der Waals surface area contributed by atoms with Gasteiger partial charge in [-0.25, -0.2) is 4.98 Å². The zero-order valence-electron chi connectivity index (χ0n) is 16.0. The van der Waals surface area contributed by atoms with Crippen molar-refractivity contribution in [2.24, 2.45) is 0 Å². The lowest BCUT2D eigenvalue weighted by atomic mass is 9.97. The summed E-state index contributed by atoms with van der Waals surface area (Å²) in [5.41, 5.74) is 5.32. The number of nitrogens with zero attached hydrogens (tertiary/aromatic N) is 2. The van der Waals surface area contributed by atoms with Gasteiger partial charge in [0.15, 0.2) is 0 Å². The molecule has 4 rings (SSSR count). The van der Waals surface area contributed by atoms with E-state index >= 15 is 0 Å². The average Bonchev–Trinajstić information content (AvgIpc) is 3.10. The molecule has 1 aliphatic rings. The van der Waals surface area contributed by atoms with Gasteiger partial charge >= 0.3 is 0 Å². The molecular weight excluding hydrogens is 336 g/mol. The maximum Gasteiger partial charge on any atom is 0.238 e. The predicted octanol–water partition coefficient (Wildman–Crippen LogP) is 4.00. The molecule has 1 amide bonds. The molecule has 1 aromatic heterocycles. The number of aromatic amines is 1. The largest absolute Gasteiger partial charge is 0.342 e. The number of piperidine rings is 1. The van der Waals surface area contributed by atoms with E-state index in [0.29, 0.717) is 12.5 Å². The molecule has 2 N–H and O–H groups in total. The van der Waals surface area contributed by atoms with Crippen molar-refractivity contribution in [3.05, 3.63) is 59.4 Å². The fourth-order valence-corrected chi connectivity index (χ4v) is 3.87. The Morgan fingerprint density at radius 2 is 2.07 bits per heavy atom. The summed E-state index contributed by atoms with van der Waals surface area (Å²) in [6, 6.07) is 14.1. The summed E-state index contributed by atoms with van der Waals surface area (Å²) in [5.74, 6) is 1.43. The molecule has 1 saturated heterocycles. The van der Waals surface area contributed by atoms with Gasteiger partial charge < -0.3 is 10.3 Å². The second-order valence-electron chi connectivity index (χ2n) is 7.51. The third-order valence-corrected chi connectivity index (χ3v) is 5.55. The number of hydrogen-bond donors (Lipinski definition) is 2. The highest BCUT2D eigenvalue weighted by Crippen LogP contribution is 2.26. The Labute approximate surface area is 159 Å². The fraction of sp³-hybridized carbons (Fsp3) is 0.364. The summed E-state index contributed by atoms with van der Waals surface area (Å²) in [6.45, 7) is 6.35. The summed E-state index contributed by atoms with van der Waals surface area (Å²) in [6.07, 6.45) is 2.19. The number of anilines is 1. The number of aryl methyl sites for hydroxylation is 1. The lowest BCUT2D eigenvalue weighted by Crippen LogP contribution is -2.40. The molecule has 0 radical (unpaired) electrons. The number of imidazole rings is 1. The van der Waals surface area contributed by atoms with Crippen LogP contribution in [0.2, 0.25) is 0 Å². The number of carbonyl (C=O) groups excluding carboxylic acids is 1. The Hall–Kier alpha value is -2.66. The Bertz CT molecular complexity index is 929. The van der Waals surface area contributed by atoms with Crippen LogP contribution < -0.4 is 5.32 Å². The monoisotopic (exact) mass is 362 g/mol. The smallest absolute Gasteiger partial charge is 0.238 e. The first-order chi connectivity index (χ1) is 13.1. The van der Waals surface area contributed by atoms with E-state index in [4.69, 9.17) is 4.98 Å². The normalized spacial score (nSPS) is 17.9. The van der Waals surface area contributed by atoms with Gasteiger partial charge in [-0.15, -0.1) is 0 Å². The molecule has 0 saturated carbocycles. The molecule has 3 aromatic rings. The Morgan fingerprint density at radius 1 is 1.22 bits per heavy atom. The van der Waals surface area contributed by atoms with Gasteiger partial charge in [0.2, 0.25) is 5.91 Å². The van der Waals surface area contributed by atoms with Gasteiger partial charge in [-0.3, -0.25) is 9.69 Å². The van der Waals surface area contributed by atoms with Crippen LogP contribution in [0.25, 0.3) is 11.0 Å². The van der Waals surface area contributed by atoms with E-state index in [1.165, 1.54) is 5.56 Å². The van der Waals surface area contributed by atoms with E-state index in [0.717, 1.165) is 54.0 Å². The van der Waals surface area contributed by atoms with Crippen LogP contribution in [0.4, 0.5) is 5.69 Å². The van der Waals surface area contributed by atoms with Crippen molar-refractivity contribution in [2.45, 2.75) is 32.6 Å². The van der Waals surface area contributed by atoms with Crippen LogP contribution in [0.5, 0.6) is 0 Å². The summed E-state index contributed by atoms with van der Waals surface area (Å²) in [4.78, 5) is 23.0. The number of benzene rings is 2. The maximum atomic E-state index is 12.6. The number of amides is 1. The number of aromatic nitrogens is 2. The quantitative estimate of drug-likeness (QED) is 0.737. The number of fused-ring (bicyclic) bond motifs is 1. The van der Waals surface area contributed by atoms with Gasteiger partial charge in [-0.2, -0.15) is 0 Å². The number of nitrogens with one attached hydrogen (secondary N) is 2. The van der Waals surface area contributed by atoms with E-state index in [1.807, 2.05) is 37.3 Å². The first-order valence-corrected chi connectivity index (χ1v) is 9.63. The van der Waals surface area contributed by atoms with E-state index in [-0.39, 0.29) is 5.91 Å². The molecule has 0 aliphatic carbocycles. The highest BCUT2D eigenvalue weighted by Gasteiger charge is 2.25. The van der Waals surface area contributed by atoms with Crippen molar-refractivity contribution in [2.75, 3.05) is 25.0 Å². The van der Waals surface area contributed by atoms with Crippen molar-refractivity contribution in [3.63, 3.8) is 0 Å². The Morgan fingerprint density at radius 3 is 2.93 bits per heavy atom. The van der Waals surface area contributed by atoms with Gasteiger partial charge in [0.05, 0.1) is 17.6 Å². The molecular formula is C22H26N4O. The third kappa shape index (κ3) is 3.88. The topological polar surface area (TPSA) is 61.0 Å². The highest BCUT2D eigenvalue weighted by molar-refractivity contribution is 5.93. The van der Waals surface area contributed by atoms with Crippen molar-refractivity contribution < 1.29 is 4.79 Å². The minimum atomic E-state index is 0.0500. The van der Waals surface area contributed by atoms with Gasteiger partial charge in [0.1, 0.15) is 5.82 Å².